The van der Waals surface area contributed by atoms with Gasteiger partial charge in [0.05, 0.1) is 12.7 Å². The average molecular weight is 295 g/mol. The number of nitrogens with one attached hydrogen (secondary N) is 1. The van der Waals surface area contributed by atoms with E-state index in [1.165, 1.54) is 5.56 Å². The van der Waals surface area contributed by atoms with Crippen LogP contribution in [0.3, 0.4) is 0 Å². The highest BCUT2D eigenvalue weighted by Crippen LogP contribution is 2.18. The molecule has 0 fully saturated rings. The van der Waals surface area contributed by atoms with Crippen LogP contribution in [0.1, 0.15) is 36.6 Å². The molecule has 0 spiro atoms. The molecule has 4 heteroatoms. The standard InChI is InChI=1S/C18H21N3O/c1-13(2)17-9-6-15(12-19)18(21-17)20-11-10-14-4-7-16(22-3)8-5-14/h4-9,13H,10-11H2,1-3H3,(H,20,21). The fourth-order valence-corrected chi connectivity index (χ4v) is 2.14. The number of aromatic nitrogens is 1. The van der Waals surface area contributed by atoms with Gasteiger partial charge in [-0.1, -0.05) is 26.0 Å². The van der Waals surface area contributed by atoms with Crippen LogP contribution in [-0.2, 0) is 6.42 Å². The normalized spacial score (nSPS) is 10.3. The van der Waals surface area contributed by atoms with E-state index in [4.69, 9.17) is 4.74 Å². The van der Waals surface area contributed by atoms with Crippen LogP contribution < -0.4 is 10.1 Å². The van der Waals surface area contributed by atoms with E-state index in [0.717, 1.165) is 24.4 Å². The van der Waals surface area contributed by atoms with Gasteiger partial charge < -0.3 is 10.1 Å². The van der Waals surface area contributed by atoms with Crippen molar-refractivity contribution in [1.29, 1.82) is 5.26 Å². The van der Waals surface area contributed by atoms with Gasteiger partial charge in [0.15, 0.2) is 0 Å². The number of pyridine rings is 1. The number of hydrogen-bond acceptors (Lipinski definition) is 4. The molecule has 0 saturated heterocycles. The van der Waals surface area contributed by atoms with Gasteiger partial charge in [-0.15, -0.1) is 0 Å². The quantitative estimate of drug-likeness (QED) is 0.882. The first kappa shape index (κ1) is 15.8. The molecule has 0 aliphatic carbocycles. The molecule has 1 aromatic heterocycles. The van der Waals surface area contributed by atoms with Crippen LogP contribution in [-0.4, -0.2) is 18.6 Å². The van der Waals surface area contributed by atoms with Crippen LogP contribution in [0.5, 0.6) is 5.75 Å². The molecule has 1 heterocycles. The maximum atomic E-state index is 9.18. The lowest BCUT2D eigenvalue weighted by atomic mass is 10.1. The van der Waals surface area contributed by atoms with Crippen LogP contribution in [0.4, 0.5) is 5.82 Å². The third kappa shape index (κ3) is 3.98. The predicted molar refractivity (Wildman–Crippen MR) is 88.2 cm³/mol. The largest absolute Gasteiger partial charge is 0.497 e. The summed E-state index contributed by atoms with van der Waals surface area (Å²) in [5.41, 5.74) is 2.79. The summed E-state index contributed by atoms with van der Waals surface area (Å²) in [4.78, 5) is 4.55. The van der Waals surface area contributed by atoms with Crippen LogP contribution in [0.25, 0.3) is 0 Å². The number of methoxy groups -OCH3 is 1. The Labute approximate surface area is 131 Å². The van der Waals surface area contributed by atoms with E-state index in [1.807, 2.05) is 36.4 Å². The maximum absolute atomic E-state index is 9.18. The van der Waals surface area contributed by atoms with Crippen molar-refractivity contribution in [2.45, 2.75) is 26.2 Å². The topological polar surface area (TPSA) is 57.9 Å². The van der Waals surface area contributed by atoms with E-state index >= 15 is 0 Å². The zero-order valence-electron chi connectivity index (χ0n) is 13.3. The van der Waals surface area contributed by atoms with Gasteiger partial charge in [-0.2, -0.15) is 5.26 Å². The monoisotopic (exact) mass is 295 g/mol. The van der Waals surface area contributed by atoms with Crippen LogP contribution in [0.15, 0.2) is 36.4 Å². The molecule has 0 aliphatic heterocycles. The SMILES string of the molecule is COc1ccc(CCNc2nc(C(C)C)ccc2C#N)cc1. The summed E-state index contributed by atoms with van der Waals surface area (Å²) in [6.07, 6.45) is 0.864. The molecule has 1 N–H and O–H groups in total. The van der Waals surface area contributed by atoms with Gasteiger partial charge in [0.25, 0.3) is 0 Å². The molecule has 114 valence electrons. The molecule has 2 aromatic rings. The number of anilines is 1. The Balaban J connectivity index is 2.01. The molecule has 0 aliphatic rings. The zero-order valence-corrected chi connectivity index (χ0v) is 13.3. The lowest BCUT2D eigenvalue weighted by Crippen LogP contribution is -2.09. The second-order valence-corrected chi connectivity index (χ2v) is 5.42. The number of rotatable bonds is 6. The van der Waals surface area contributed by atoms with Crippen molar-refractivity contribution < 1.29 is 4.74 Å². The van der Waals surface area contributed by atoms with E-state index < -0.39 is 0 Å². The molecular weight excluding hydrogens is 274 g/mol. The molecule has 1 aromatic carbocycles. The smallest absolute Gasteiger partial charge is 0.144 e. The minimum atomic E-state index is 0.342. The molecule has 0 bridgehead atoms. The van der Waals surface area contributed by atoms with Gasteiger partial charge in [-0.3, -0.25) is 0 Å². The highest BCUT2D eigenvalue weighted by atomic mass is 16.5. The minimum absolute atomic E-state index is 0.342. The van der Waals surface area contributed by atoms with Crippen LogP contribution >= 0.6 is 0 Å². The Morgan fingerprint density at radius 3 is 2.50 bits per heavy atom. The molecule has 22 heavy (non-hydrogen) atoms. The molecule has 2 rings (SSSR count). The highest BCUT2D eigenvalue weighted by molar-refractivity contribution is 5.52. The number of nitriles is 1. The first-order valence-electron chi connectivity index (χ1n) is 7.42. The summed E-state index contributed by atoms with van der Waals surface area (Å²) in [6, 6.07) is 13.9. The van der Waals surface area contributed by atoms with Crippen molar-refractivity contribution in [3.8, 4) is 11.8 Å². The van der Waals surface area contributed by atoms with Crippen LogP contribution in [0, 0.1) is 11.3 Å². The van der Waals surface area contributed by atoms with Crippen molar-refractivity contribution in [2.24, 2.45) is 0 Å². The second-order valence-electron chi connectivity index (χ2n) is 5.42. The van der Waals surface area contributed by atoms with Gasteiger partial charge in [0.2, 0.25) is 0 Å². The van der Waals surface area contributed by atoms with E-state index in [0.29, 0.717) is 17.3 Å². The number of nitrogens with zero attached hydrogens (tertiary/aromatic N) is 2. The fourth-order valence-electron chi connectivity index (χ4n) is 2.14. The lowest BCUT2D eigenvalue weighted by molar-refractivity contribution is 0.414. The van der Waals surface area contributed by atoms with Crippen molar-refractivity contribution in [3.63, 3.8) is 0 Å². The molecule has 0 saturated carbocycles. The third-order valence-corrected chi connectivity index (χ3v) is 3.49. The fraction of sp³-hybridized carbons (Fsp3) is 0.333. The highest BCUT2D eigenvalue weighted by Gasteiger charge is 2.07. The third-order valence-electron chi connectivity index (χ3n) is 3.49. The first-order chi connectivity index (χ1) is 10.6. The average Bonchev–Trinajstić information content (AvgIpc) is 2.55. The van der Waals surface area contributed by atoms with Gasteiger partial charge in [0.1, 0.15) is 17.6 Å². The van der Waals surface area contributed by atoms with Gasteiger partial charge >= 0.3 is 0 Å². The Kier molecular flexibility index (Phi) is 5.37. The number of hydrogen-bond donors (Lipinski definition) is 1. The van der Waals surface area contributed by atoms with Gasteiger partial charge in [-0.05, 0) is 42.2 Å². The van der Waals surface area contributed by atoms with Gasteiger partial charge in [0, 0.05) is 12.2 Å². The van der Waals surface area contributed by atoms with Crippen molar-refractivity contribution in [1.82, 2.24) is 4.98 Å². The Bertz CT molecular complexity index is 657. The number of benzene rings is 1. The Hall–Kier alpha value is -2.54. The van der Waals surface area contributed by atoms with Gasteiger partial charge in [-0.25, -0.2) is 4.98 Å². The van der Waals surface area contributed by atoms with E-state index in [1.54, 1.807) is 7.11 Å². The molecule has 0 unspecified atom stereocenters. The zero-order chi connectivity index (χ0) is 15.9. The first-order valence-corrected chi connectivity index (χ1v) is 7.42. The van der Waals surface area contributed by atoms with E-state index in [9.17, 15) is 5.26 Å². The summed E-state index contributed by atoms with van der Waals surface area (Å²) in [7, 11) is 1.66. The molecule has 4 nitrogen and oxygen atoms in total. The summed E-state index contributed by atoms with van der Waals surface area (Å²) < 4.78 is 5.15. The Morgan fingerprint density at radius 2 is 1.91 bits per heavy atom. The predicted octanol–water partition coefficient (Wildman–Crippen LogP) is 3.74. The molecule has 0 atom stereocenters. The summed E-state index contributed by atoms with van der Waals surface area (Å²) in [6.45, 7) is 4.92. The van der Waals surface area contributed by atoms with Crippen molar-refractivity contribution >= 4 is 5.82 Å². The second kappa shape index (κ2) is 7.46. The van der Waals surface area contributed by atoms with Crippen LogP contribution in [0.2, 0.25) is 0 Å². The minimum Gasteiger partial charge on any atom is -0.497 e. The molecular formula is C18H21N3O. The summed E-state index contributed by atoms with van der Waals surface area (Å²) >= 11 is 0. The number of ether oxygens (including phenoxy) is 1. The lowest BCUT2D eigenvalue weighted by Gasteiger charge is -2.11. The molecule has 0 radical (unpaired) electrons. The summed E-state index contributed by atoms with van der Waals surface area (Å²) in [5, 5.41) is 12.4. The van der Waals surface area contributed by atoms with Crippen molar-refractivity contribution in [2.75, 3.05) is 19.0 Å². The van der Waals surface area contributed by atoms with E-state index in [2.05, 4.69) is 30.2 Å². The Morgan fingerprint density at radius 1 is 1.18 bits per heavy atom. The molecule has 0 amide bonds. The van der Waals surface area contributed by atoms with Crippen molar-refractivity contribution in [3.05, 3.63) is 53.2 Å². The van der Waals surface area contributed by atoms with E-state index in [-0.39, 0.29) is 0 Å². The maximum Gasteiger partial charge on any atom is 0.144 e. The summed E-state index contributed by atoms with van der Waals surface area (Å²) in [5.74, 6) is 1.87.